The van der Waals surface area contributed by atoms with Crippen molar-refractivity contribution in [2.45, 2.75) is 6.92 Å². The lowest BCUT2D eigenvalue weighted by Gasteiger charge is -2.21. The van der Waals surface area contributed by atoms with E-state index in [1.54, 1.807) is 26.2 Å². The Morgan fingerprint density at radius 3 is 2.17 bits per heavy atom. The van der Waals surface area contributed by atoms with Gasteiger partial charge >= 0.3 is 0 Å². The van der Waals surface area contributed by atoms with Crippen LogP contribution < -0.4 is 0 Å². The Labute approximate surface area is 108 Å². The van der Waals surface area contributed by atoms with E-state index in [-0.39, 0.29) is 24.8 Å². The summed E-state index contributed by atoms with van der Waals surface area (Å²) >= 11 is 0. The number of carbonyl (C=O) groups excluding carboxylic acids is 2. The SMILES string of the molecule is CCN(CC(=O)c1ccccc1)CC(=O)N(C)C. The monoisotopic (exact) mass is 248 g/mol. The fourth-order valence-electron chi connectivity index (χ4n) is 1.53. The Balaban J connectivity index is 2.59. The molecule has 1 amide bonds. The number of likely N-dealkylation sites (N-methyl/N-ethyl adjacent to an activating group) is 2. The summed E-state index contributed by atoms with van der Waals surface area (Å²) in [5.74, 6) is 0.0571. The Hall–Kier alpha value is -1.68. The second-order valence-corrected chi connectivity index (χ2v) is 4.38. The number of hydrogen-bond donors (Lipinski definition) is 0. The summed E-state index contributed by atoms with van der Waals surface area (Å²) in [6, 6.07) is 9.15. The van der Waals surface area contributed by atoms with Crippen molar-refractivity contribution in [3.8, 4) is 0 Å². The third kappa shape index (κ3) is 4.30. The molecule has 0 atom stereocenters. The summed E-state index contributed by atoms with van der Waals surface area (Å²) in [4.78, 5) is 27.0. The van der Waals surface area contributed by atoms with Gasteiger partial charge in [0, 0.05) is 19.7 Å². The lowest BCUT2D eigenvalue weighted by molar-refractivity contribution is -0.129. The molecule has 1 aromatic carbocycles. The van der Waals surface area contributed by atoms with E-state index in [4.69, 9.17) is 0 Å². The van der Waals surface area contributed by atoms with Crippen molar-refractivity contribution >= 4 is 11.7 Å². The molecular formula is C14H20N2O2. The predicted octanol–water partition coefficient (Wildman–Crippen LogP) is 1.28. The average molecular weight is 248 g/mol. The van der Waals surface area contributed by atoms with Gasteiger partial charge in [-0.2, -0.15) is 0 Å². The van der Waals surface area contributed by atoms with Gasteiger partial charge in [-0.25, -0.2) is 0 Å². The minimum Gasteiger partial charge on any atom is -0.348 e. The molecule has 0 unspecified atom stereocenters. The number of nitrogens with zero attached hydrogens (tertiary/aromatic N) is 2. The molecule has 0 saturated heterocycles. The molecular weight excluding hydrogens is 228 g/mol. The predicted molar refractivity (Wildman–Crippen MR) is 71.6 cm³/mol. The van der Waals surface area contributed by atoms with E-state index in [1.807, 2.05) is 30.0 Å². The highest BCUT2D eigenvalue weighted by Gasteiger charge is 2.14. The Morgan fingerprint density at radius 2 is 1.67 bits per heavy atom. The van der Waals surface area contributed by atoms with E-state index in [0.717, 1.165) is 0 Å². The molecule has 0 aliphatic heterocycles. The molecule has 18 heavy (non-hydrogen) atoms. The molecule has 0 aliphatic carbocycles. The summed E-state index contributed by atoms with van der Waals surface area (Å²) < 4.78 is 0. The summed E-state index contributed by atoms with van der Waals surface area (Å²) in [6.07, 6.45) is 0. The van der Waals surface area contributed by atoms with Crippen LogP contribution >= 0.6 is 0 Å². The van der Waals surface area contributed by atoms with Crippen LogP contribution in [0.1, 0.15) is 17.3 Å². The quantitative estimate of drug-likeness (QED) is 0.712. The molecule has 0 aromatic heterocycles. The molecule has 0 aliphatic rings. The first-order valence-electron chi connectivity index (χ1n) is 6.05. The first kappa shape index (κ1) is 14.4. The number of carbonyl (C=O) groups is 2. The molecule has 0 fully saturated rings. The van der Waals surface area contributed by atoms with Crippen molar-refractivity contribution in [2.75, 3.05) is 33.7 Å². The Kier molecular flexibility index (Phi) is 5.52. The van der Waals surface area contributed by atoms with E-state index >= 15 is 0 Å². The van der Waals surface area contributed by atoms with Crippen LogP contribution in [0, 0.1) is 0 Å². The van der Waals surface area contributed by atoms with Crippen LogP contribution in [-0.4, -0.2) is 55.2 Å². The van der Waals surface area contributed by atoms with Gasteiger partial charge in [-0.3, -0.25) is 14.5 Å². The lowest BCUT2D eigenvalue weighted by atomic mass is 10.1. The molecule has 1 rings (SSSR count). The van der Waals surface area contributed by atoms with E-state index in [1.165, 1.54) is 4.90 Å². The van der Waals surface area contributed by atoms with Crippen molar-refractivity contribution in [3.05, 3.63) is 35.9 Å². The van der Waals surface area contributed by atoms with Crippen LogP contribution in [-0.2, 0) is 4.79 Å². The van der Waals surface area contributed by atoms with Crippen molar-refractivity contribution in [2.24, 2.45) is 0 Å². The molecule has 0 N–H and O–H groups in total. The number of amides is 1. The second-order valence-electron chi connectivity index (χ2n) is 4.38. The maximum absolute atomic E-state index is 12.0. The van der Waals surface area contributed by atoms with Crippen LogP contribution in [0.4, 0.5) is 0 Å². The maximum atomic E-state index is 12.0. The largest absolute Gasteiger partial charge is 0.348 e. The van der Waals surface area contributed by atoms with Crippen LogP contribution in [0.15, 0.2) is 30.3 Å². The molecule has 1 aromatic rings. The standard InChI is InChI=1S/C14H20N2O2/c1-4-16(11-14(18)15(2)3)10-13(17)12-8-6-5-7-9-12/h5-9H,4,10-11H2,1-3H3. The number of rotatable bonds is 6. The van der Waals surface area contributed by atoms with E-state index in [2.05, 4.69) is 0 Å². The van der Waals surface area contributed by atoms with Crippen molar-refractivity contribution < 1.29 is 9.59 Å². The van der Waals surface area contributed by atoms with Crippen molar-refractivity contribution in [1.29, 1.82) is 0 Å². The van der Waals surface area contributed by atoms with Crippen LogP contribution in [0.2, 0.25) is 0 Å². The summed E-state index contributed by atoms with van der Waals surface area (Å²) in [7, 11) is 3.43. The first-order chi connectivity index (χ1) is 8.54. The summed E-state index contributed by atoms with van der Waals surface area (Å²) in [6.45, 7) is 3.18. The van der Waals surface area contributed by atoms with Gasteiger partial charge in [0.25, 0.3) is 0 Å². The smallest absolute Gasteiger partial charge is 0.236 e. The van der Waals surface area contributed by atoms with Gasteiger partial charge < -0.3 is 4.90 Å². The highest BCUT2D eigenvalue weighted by atomic mass is 16.2. The maximum Gasteiger partial charge on any atom is 0.236 e. The normalized spacial score (nSPS) is 10.4. The van der Waals surface area contributed by atoms with Gasteiger partial charge in [-0.05, 0) is 6.54 Å². The molecule has 0 saturated carbocycles. The van der Waals surface area contributed by atoms with E-state index < -0.39 is 0 Å². The zero-order valence-corrected chi connectivity index (χ0v) is 11.2. The van der Waals surface area contributed by atoms with Gasteiger partial charge in [0.2, 0.25) is 5.91 Å². The highest BCUT2D eigenvalue weighted by Crippen LogP contribution is 2.02. The summed E-state index contributed by atoms with van der Waals surface area (Å²) in [5.41, 5.74) is 0.688. The average Bonchev–Trinajstić information content (AvgIpc) is 2.38. The van der Waals surface area contributed by atoms with E-state index in [0.29, 0.717) is 12.1 Å². The lowest BCUT2D eigenvalue weighted by Crippen LogP contribution is -2.39. The molecule has 4 heteroatoms. The van der Waals surface area contributed by atoms with Gasteiger partial charge in [0.05, 0.1) is 13.1 Å². The number of benzene rings is 1. The third-order valence-electron chi connectivity index (χ3n) is 2.77. The van der Waals surface area contributed by atoms with Gasteiger partial charge in [-0.15, -0.1) is 0 Å². The second kappa shape index (κ2) is 6.91. The minimum atomic E-state index is 0.0118. The van der Waals surface area contributed by atoms with Crippen LogP contribution in [0.25, 0.3) is 0 Å². The molecule has 4 nitrogen and oxygen atoms in total. The molecule has 98 valence electrons. The van der Waals surface area contributed by atoms with Crippen molar-refractivity contribution in [1.82, 2.24) is 9.80 Å². The Morgan fingerprint density at radius 1 is 1.06 bits per heavy atom. The van der Waals surface area contributed by atoms with Crippen LogP contribution in [0.3, 0.4) is 0 Å². The van der Waals surface area contributed by atoms with E-state index in [9.17, 15) is 9.59 Å². The number of ketones is 1. The zero-order chi connectivity index (χ0) is 13.5. The minimum absolute atomic E-state index is 0.0118. The third-order valence-corrected chi connectivity index (χ3v) is 2.77. The van der Waals surface area contributed by atoms with Gasteiger partial charge in [0.15, 0.2) is 5.78 Å². The van der Waals surface area contributed by atoms with Crippen molar-refractivity contribution in [3.63, 3.8) is 0 Å². The highest BCUT2D eigenvalue weighted by molar-refractivity contribution is 5.97. The molecule has 0 bridgehead atoms. The fraction of sp³-hybridized carbons (Fsp3) is 0.429. The fourth-order valence-corrected chi connectivity index (χ4v) is 1.53. The number of Topliss-reactive ketones (excluding diaryl/α,β-unsaturated/α-hetero) is 1. The number of hydrogen-bond acceptors (Lipinski definition) is 3. The topological polar surface area (TPSA) is 40.6 Å². The molecule has 0 spiro atoms. The first-order valence-corrected chi connectivity index (χ1v) is 6.05. The summed E-state index contributed by atoms with van der Waals surface area (Å²) in [5, 5.41) is 0. The zero-order valence-electron chi connectivity index (χ0n) is 11.2. The van der Waals surface area contributed by atoms with Crippen LogP contribution in [0.5, 0.6) is 0 Å². The van der Waals surface area contributed by atoms with Gasteiger partial charge in [-0.1, -0.05) is 37.3 Å². The molecule has 0 heterocycles. The van der Waals surface area contributed by atoms with Gasteiger partial charge in [0.1, 0.15) is 0 Å². The molecule has 0 radical (unpaired) electrons. The Bertz CT molecular complexity index is 402.